The van der Waals surface area contributed by atoms with Crippen molar-refractivity contribution in [2.45, 2.75) is 32.7 Å². The van der Waals surface area contributed by atoms with E-state index in [1.165, 1.54) is 0 Å². The first-order valence-electron chi connectivity index (χ1n) is 5.02. The summed E-state index contributed by atoms with van der Waals surface area (Å²) in [6.07, 6.45) is 3.57. The molecule has 0 saturated heterocycles. The van der Waals surface area contributed by atoms with Gasteiger partial charge in [-0.2, -0.15) is 8.42 Å². The minimum atomic E-state index is -3.36. The standard InChI is InChI=1S/C10H19NO3S/c1-10(2,3)11-7-5-9(6-8-11)14-15(4,12)13/h5H,6-8H2,1-4H3. The van der Waals surface area contributed by atoms with Gasteiger partial charge in [0.05, 0.1) is 6.26 Å². The number of hydrogen-bond donors (Lipinski definition) is 0. The molecule has 0 N–H and O–H groups in total. The molecule has 1 aliphatic rings. The van der Waals surface area contributed by atoms with E-state index in [4.69, 9.17) is 4.18 Å². The molecule has 1 rings (SSSR count). The van der Waals surface area contributed by atoms with Gasteiger partial charge in [0, 0.05) is 25.0 Å². The Morgan fingerprint density at radius 2 is 2.00 bits per heavy atom. The van der Waals surface area contributed by atoms with Gasteiger partial charge in [-0.05, 0) is 26.8 Å². The van der Waals surface area contributed by atoms with Crippen molar-refractivity contribution >= 4 is 10.1 Å². The van der Waals surface area contributed by atoms with Gasteiger partial charge >= 0.3 is 10.1 Å². The first kappa shape index (κ1) is 12.5. The number of rotatable bonds is 2. The van der Waals surface area contributed by atoms with Gasteiger partial charge in [0.15, 0.2) is 0 Å². The van der Waals surface area contributed by atoms with Crippen LogP contribution in [0.4, 0.5) is 0 Å². The highest BCUT2D eigenvalue weighted by atomic mass is 32.2. The summed E-state index contributed by atoms with van der Waals surface area (Å²) in [6.45, 7) is 8.01. The molecule has 0 unspecified atom stereocenters. The summed E-state index contributed by atoms with van der Waals surface area (Å²) < 4.78 is 26.6. The van der Waals surface area contributed by atoms with Gasteiger partial charge in [0.1, 0.15) is 5.76 Å². The molecule has 0 bridgehead atoms. The third kappa shape index (κ3) is 4.22. The van der Waals surface area contributed by atoms with Crippen LogP contribution in [0.3, 0.4) is 0 Å². The second-order valence-corrected chi connectivity index (χ2v) is 6.40. The summed E-state index contributed by atoms with van der Waals surface area (Å²) in [4.78, 5) is 2.28. The van der Waals surface area contributed by atoms with Crippen molar-refractivity contribution in [2.75, 3.05) is 19.3 Å². The van der Waals surface area contributed by atoms with Gasteiger partial charge in [0.25, 0.3) is 0 Å². The molecule has 0 fully saturated rings. The van der Waals surface area contributed by atoms with E-state index in [0.29, 0.717) is 12.2 Å². The van der Waals surface area contributed by atoms with Crippen molar-refractivity contribution in [3.8, 4) is 0 Å². The van der Waals surface area contributed by atoms with Crippen molar-refractivity contribution in [1.82, 2.24) is 4.90 Å². The van der Waals surface area contributed by atoms with Crippen LogP contribution >= 0.6 is 0 Å². The summed E-state index contributed by atoms with van der Waals surface area (Å²) in [5.41, 5.74) is 0.118. The third-order valence-corrected chi connectivity index (χ3v) is 2.89. The zero-order valence-corrected chi connectivity index (χ0v) is 10.6. The normalized spacial score (nSPS) is 19.9. The van der Waals surface area contributed by atoms with Crippen LogP contribution in [0.25, 0.3) is 0 Å². The molecule has 0 amide bonds. The first-order chi connectivity index (χ1) is 6.68. The maximum atomic E-state index is 10.9. The quantitative estimate of drug-likeness (QED) is 0.675. The Bertz CT molecular complexity index is 351. The Balaban J connectivity index is 2.60. The van der Waals surface area contributed by atoms with Crippen LogP contribution in [0.2, 0.25) is 0 Å². The van der Waals surface area contributed by atoms with E-state index in [9.17, 15) is 8.42 Å². The van der Waals surface area contributed by atoms with Gasteiger partial charge in [-0.3, -0.25) is 4.90 Å². The summed E-state index contributed by atoms with van der Waals surface area (Å²) in [7, 11) is -3.36. The van der Waals surface area contributed by atoms with Gasteiger partial charge in [0.2, 0.25) is 0 Å². The molecular weight excluding hydrogens is 214 g/mol. The van der Waals surface area contributed by atoms with Crippen molar-refractivity contribution in [3.05, 3.63) is 11.8 Å². The maximum absolute atomic E-state index is 10.9. The average molecular weight is 233 g/mol. The predicted molar refractivity (Wildman–Crippen MR) is 60.0 cm³/mol. The largest absolute Gasteiger partial charge is 0.387 e. The molecule has 0 aliphatic carbocycles. The van der Waals surface area contributed by atoms with E-state index in [2.05, 4.69) is 25.7 Å². The molecule has 0 saturated carbocycles. The molecular formula is C10H19NO3S. The Labute approximate surface area is 92.0 Å². The van der Waals surface area contributed by atoms with Crippen molar-refractivity contribution < 1.29 is 12.6 Å². The minimum Gasteiger partial charge on any atom is -0.387 e. The second kappa shape index (κ2) is 4.14. The fourth-order valence-electron chi connectivity index (χ4n) is 1.53. The van der Waals surface area contributed by atoms with Crippen molar-refractivity contribution in [2.24, 2.45) is 0 Å². The Hall–Kier alpha value is -0.550. The zero-order valence-electron chi connectivity index (χ0n) is 9.78. The number of hydrogen-bond acceptors (Lipinski definition) is 4. The van der Waals surface area contributed by atoms with Crippen LogP contribution in [0, 0.1) is 0 Å². The Kier molecular flexibility index (Phi) is 3.45. The molecule has 4 nitrogen and oxygen atoms in total. The molecule has 5 heteroatoms. The average Bonchev–Trinajstić information content (AvgIpc) is 2.00. The molecule has 0 aromatic carbocycles. The van der Waals surface area contributed by atoms with Crippen LogP contribution in [-0.4, -0.2) is 38.2 Å². The van der Waals surface area contributed by atoms with Gasteiger partial charge in [-0.25, -0.2) is 0 Å². The Morgan fingerprint density at radius 3 is 2.33 bits per heavy atom. The highest BCUT2D eigenvalue weighted by Gasteiger charge is 2.24. The fourth-order valence-corrected chi connectivity index (χ4v) is 2.07. The van der Waals surface area contributed by atoms with Crippen molar-refractivity contribution in [3.63, 3.8) is 0 Å². The van der Waals surface area contributed by atoms with Gasteiger partial charge in [-0.15, -0.1) is 0 Å². The summed E-state index contributed by atoms with van der Waals surface area (Å²) in [5.74, 6) is 0.568. The molecule has 0 atom stereocenters. The molecule has 1 heterocycles. The summed E-state index contributed by atoms with van der Waals surface area (Å²) in [6, 6.07) is 0. The highest BCUT2D eigenvalue weighted by molar-refractivity contribution is 7.86. The Morgan fingerprint density at radius 1 is 1.40 bits per heavy atom. The topological polar surface area (TPSA) is 46.6 Å². The lowest BCUT2D eigenvalue weighted by atomic mass is 10.0. The molecule has 88 valence electrons. The lowest BCUT2D eigenvalue weighted by Crippen LogP contribution is -2.43. The summed E-state index contributed by atoms with van der Waals surface area (Å²) >= 11 is 0. The van der Waals surface area contributed by atoms with Crippen LogP contribution < -0.4 is 0 Å². The zero-order chi connectivity index (χ0) is 11.7. The maximum Gasteiger partial charge on any atom is 0.305 e. The summed E-state index contributed by atoms with van der Waals surface area (Å²) in [5, 5.41) is 0. The van der Waals surface area contributed by atoms with E-state index in [1.54, 1.807) is 0 Å². The fraction of sp³-hybridized carbons (Fsp3) is 0.800. The van der Waals surface area contributed by atoms with Gasteiger partial charge < -0.3 is 4.18 Å². The second-order valence-electron chi connectivity index (χ2n) is 4.82. The number of nitrogens with zero attached hydrogens (tertiary/aromatic N) is 1. The van der Waals surface area contributed by atoms with E-state index < -0.39 is 10.1 Å². The third-order valence-electron chi connectivity index (χ3n) is 2.37. The lowest BCUT2D eigenvalue weighted by Gasteiger charge is -2.37. The van der Waals surface area contributed by atoms with Crippen LogP contribution in [0.1, 0.15) is 27.2 Å². The first-order valence-corrected chi connectivity index (χ1v) is 6.84. The molecule has 1 aliphatic heterocycles. The van der Waals surface area contributed by atoms with E-state index in [0.717, 1.165) is 19.3 Å². The van der Waals surface area contributed by atoms with Crippen LogP contribution in [0.15, 0.2) is 11.8 Å². The molecule has 0 aromatic rings. The van der Waals surface area contributed by atoms with E-state index in [1.807, 2.05) is 6.08 Å². The van der Waals surface area contributed by atoms with E-state index >= 15 is 0 Å². The predicted octanol–water partition coefficient (Wildman–Crippen LogP) is 1.35. The lowest BCUT2D eigenvalue weighted by molar-refractivity contribution is 0.140. The molecule has 0 spiro atoms. The monoisotopic (exact) mass is 233 g/mol. The highest BCUT2D eigenvalue weighted by Crippen LogP contribution is 2.20. The van der Waals surface area contributed by atoms with Gasteiger partial charge in [-0.1, -0.05) is 0 Å². The smallest absolute Gasteiger partial charge is 0.305 e. The van der Waals surface area contributed by atoms with Crippen LogP contribution in [-0.2, 0) is 14.3 Å². The molecule has 0 radical (unpaired) electrons. The van der Waals surface area contributed by atoms with E-state index in [-0.39, 0.29) is 5.54 Å². The molecule has 15 heavy (non-hydrogen) atoms. The minimum absolute atomic E-state index is 0.118. The SMILES string of the molecule is CC(C)(C)N1CC=C(OS(C)(=O)=O)CC1. The van der Waals surface area contributed by atoms with Crippen molar-refractivity contribution in [1.29, 1.82) is 0 Å². The molecule has 0 aromatic heterocycles. The van der Waals surface area contributed by atoms with Crippen LogP contribution in [0.5, 0.6) is 0 Å².